The minimum absolute atomic E-state index is 0.141. The number of benzene rings is 1. The molecular weight excluding hydrogens is 263 g/mol. The van der Waals surface area contributed by atoms with Crippen LogP contribution < -0.4 is 10.2 Å². The topological polar surface area (TPSA) is 15.3 Å². The van der Waals surface area contributed by atoms with Gasteiger partial charge in [-0.15, -0.1) is 0 Å². The van der Waals surface area contributed by atoms with Crippen LogP contribution >= 0.6 is 0 Å². The molecule has 0 aromatic heterocycles. The Bertz CT molecular complexity index is 427. The van der Waals surface area contributed by atoms with Crippen molar-refractivity contribution in [3.63, 3.8) is 0 Å². The fraction of sp³-hybridized carbons (Fsp3) is 0.667. The van der Waals surface area contributed by atoms with E-state index in [1.165, 1.54) is 37.8 Å². The van der Waals surface area contributed by atoms with E-state index in [9.17, 15) is 4.39 Å². The molecule has 1 N–H and O–H groups in total. The smallest absolute Gasteiger partial charge is 0.123 e. The Morgan fingerprint density at radius 3 is 2.71 bits per heavy atom. The highest BCUT2D eigenvalue weighted by Gasteiger charge is 2.17. The predicted molar refractivity (Wildman–Crippen MR) is 88.2 cm³/mol. The molecule has 3 heteroatoms. The fourth-order valence-electron chi connectivity index (χ4n) is 3.32. The fourth-order valence-corrected chi connectivity index (χ4v) is 3.32. The van der Waals surface area contributed by atoms with Crippen LogP contribution in [0.3, 0.4) is 0 Å². The molecule has 0 heterocycles. The predicted octanol–water partition coefficient (Wildman–Crippen LogP) is 4.34. The van der Waals surface area contributed by atoms with Gasteiger partial charge >= 0.3 is 0 Å². The summed E-state index contributed by atoms with van der Waals surface area (Å²) in [5.74, 6) is 0.656. The van der Waals surface area contributed by atoms with Gasteiger partial charge in [-0.3, -0.25) is 0 Å². The highest BCUT2D eigenvalue weighted by molar-refractivity contribution is 5.53. The minimum atomic E-state index is -0.141. The molecule has 0 saturated heterocycles. The van der Waals surface area contributed by atoms with Crippen LogP contribution in [0.1, 0.15) is 51.0 Å². The molecule has 0 aliphatic heterocycles. The third kappa shape index (κ3) is 4.99. The lowest BCUT2D eigenvalue weighted by Gasteiger charge is -2.29. The van der Waals surface area contributed by atoms with E-state index in [0.29, 0.717) is 0 Å². The van der Waals surface area contributed by atoms with E-state index < -0.39 is 0 Å². The molecule has 1 fully saturated rings. The summed E-state index contributed by atoms with van der Waals surface area (Å²) in [7, 11) is 2.14. The Hall–Kier alpha value is -1.09. The van der Waals surface area contributed by atoms with Gasteiger partial charge in [0.25, 0.3) is 0 Å². The van der Waals surface area contributed by atoms with E-state index in [1.807, 2.05) is 6.07 Å². The summed E-state index contributed by atoms with van der Waals surface area (Å²) in [6, 6.07) is 5.19. The average molecular weight is 292 g/mol. The monoisotopic (exact) mass is 292 g/mol. The molecule has 2 rings (SSSR count). The van der Waals surface area contributed by atoms with E-state index in [2.05, 4.69) is 24.2 Å². The van der Waals surface area contributed by atoms with Crippen LogP contribution in [0.2, 0.25) is 0 Å². The Balaban J connectivity index is 2.01. The van der Waals surface area contributed by atoms with Crippen molar-refractivity contribution in [2.45, 2.75) is 52.0 Å². The zero-order valence-electron chi connectivity index (χ0n) is 13.5. The third-order valence-corrected chi connectivity index (χ3v) is 4.45. The normalized spacial score (nSPS) is 16.1. The first-order valence-electron chi connectivity index (χ1n) is 8.41. The van der Waals surface area contributed by atoms with Crippen molar-refractivity contribution in [2.24, 2.45) is 5.92 Å². The third-order valence-electron chi connectivity index (χ3n) is 4.45. The summed E-state index contributed by atoms with van der Waals surface area (Å²) in [6.07, 6.45) is 7.91. The van der Waals surface area contributed by atoms with Gasteiger partial charge in [0.2, 0.25) is 0 Å². The van der Waals surface area contributed by atoms with Gasteiger partial charge in [-0.1, -0.05) is 26.2 Å². The Morgan fingerprint density at radius 1 is 1.24 bits per heavy atom. The van der Waals surface area contributed by atoms with Crippen LogP contribution in [-0.2, 0) is 6.54 Å². The van der Waals surface area contributed by atoms with Gasteiger partial charge in [0.05, 0.1) is 0 Å². The van der Waals surface area contributed by atoms with E-state index in [4.69, 9.17) is 0 Å². The van der Waals surface area contributed by atoms with Gasteiger partial charge in [0.15, 0.2) is 0 Å². The summed E-state index contributed by atoms with van der Waals surface area (Å²) >= 11 is 0. The van der Waals surface area contributed by atoms with Crippen molar-refractivity contribution in [3.05, 3.63) is 29.6 Å². The summed E-state index contributed by atoms with van der Waals surface area (Å²) in [5, 5.41) is 3.38. The zero-order chi connectivity index (χ0) is 15.1. The van der Waals surface area contributed by atoms with E-state index in [-0.39, 0.29) is 5.82 Å². The minimum Gasteiger partial charge on any atom is -0.374 e. The lowest BCUT2D eigenvalue weighted by Crippen LogP contribution is -2.28. The van der Waals surface area contributed by atoms with Crippen molar-refractivity contribution in [1.29, 1.82) is 0 Å². The Labute approximate surface area is 128 Å². The number of halogens is 1. The lowest BCUT2D eigenvalue weighted by atomic mass is 9.89. The number of nitrogens with one attached hydrogen (secondary N) is 1. The molecule has 118 valence electrons. The van der Waals surface area contributed by atoms with Crippen molar-refractivity contribution in [2.75, 3.05) is 25.0 Å². The number of hydrogen-bond donors (Lipinski definition) is 1. The molecule has 0 unspecified atom stereocenters. The molecule has 1 saturated carbocycles. The molecule has 0 atom stereocenters. The quantitative estimate of drug-likeness (QED) is 0.752. The number of hydrogen-bond acceptors (Lipinski definition) is 2. The van der Waals surface area contributed by atoms with Crippen LogP contribution in [0.15, 0.2) is 18.2 Å². The van der Waals surface area contributed by atoms with Crippen molar-refractivity contribution in [3.8, 4) is 0 Å². The molecule has 0 bridgehead atoms. The zero-order valence-corrected chi connectivity index (χ0v) is 13.5. The number of nitrogens with zero attached hydrogens (tertiary/aromatic N) is 1. The largest absolute Gasteiger partial charge is 0.374 e. The van der Waals surface area contributed by atoms with Crippen LogP contribution in [0.5, 0.6) is 0 Å². The summed E-state index contributed by atoms with van der Waals surface area (Å²) < 4.78 is 13.5. The van der Waals surface area contributed by atoms with Gasteiger partial charge in [0.1, 0.15) is 5.82 Å². The summed E-state index contributed by atoms with van der Waals surface area (Å²) in [6.45, 7) is 4.96. The van der Waals surface area contributed by atoms with Crippen molar-refractivity contribution < 1.29 is 4.39 Å². The molecule has 2 nitrogen and oxygen atoms in total. The SMILES string of the molecule is CCCNCc1cc(F)ccc1N(C)CC1CCCCC1. The van der Waals surface area contributed by atoms with Gasteiger partial charge in [-0.25, -0.2) is 4.39 Å². The molecule has 1 aliphatic carbocycles. The van der Waals surface area contributed by atoms with Crippen LogP contribution in [0.4, 0.5) is 10.1 Å². The molecule has 21 heavy (non-hydrogen) atoms. The van der Waals surface area contributed by atoms with Crippen LogP contribution in [0.25, 0.3) is 0 Å². The molecule has 0 radical (unpaired) electrons. The highest BCUT2D eigenvalue weighted by atomic mass is 19.1. The van der Waals surface area contributed by atoms with E-state index >= 15 is 0 Å². The first kappa shape index (κ1) is 16.3. The maximum atomic E-state index is 13.5. The standard InChI is InChI=1S/C18H29FN2/c1-3-11-20-13-16-12-17(19)9-10-18(16)21(2)14-15-7-5-4-6-8-15/h9-10,12,15,20H,3-8,11,13-14H2,1-2H3. The van der Waals surface area contributed by atoms with Crippen LogP contribution in [0, 0.1) is 11.7 Å². The summed E-state index contributed by atoms with van der Waals surface area (Å²) in [4.78, 5) is 2.32. The molecule has 1 aromatic carbocycles. The van der Waals surface area contributed by atoms with Crippen molar-refractivity contribution in [1.82, 2.24) is 5.32 Å². The number of anilines is 1. The number of rotatable bonds is 7. The summed E-state index contributed by atoms with van der Waals surface area (Å²) in [5.41, 5.74) is 2.24. The average Bonchev–Trinajstić information content (AvgIpc) is 2.48. The second-order valence-electron chi connectivity index (χ2n) is 6.33. The van der Waals surface area contributed by atoms with Gasteiger partial charge in [-0.2, -0.15) is 0 Å². The maximum Gasteiger partial charge on any atom is 0.123 e. The molecule has 1 aliphatic rings. The first-order chi connectivity index (χ1) is 10.2. The van der Waals surface area contributed by atoms with Gasteiger partial charge in [0, 0.05) is 25.8 Å². The second kappa shape index (κ2) is 8.38. The lowest BCUT2D eigenvalue weighted by molar-refractivity contribution is 0.362. The molecule has 1 aromatic rings. The highest BCUT2D eigenvalue weighted by Crippen LogP contribution is 2.27. The van der Waals surface area contributed by atoms with E-state index in [0.717, 1.165) is 37.5 Å². The van der Waals surface area contributed by atoms with Crippen molar-refractivity contribution >= 4 is 5.69 Å². The Kier molecular flexibility index (Phi) is 6.50. The molecule has 0 spiro atoms. The Morgan fingerprint density at radius 2 is 2.00 bits per heavy atom. The van der Waals surface area contributed by atoms with Gasteiger partial charge < -0.3 is 10.2 Å². The van der Waals surface area contributed by atoms with Crippen LogP contribution in [-0.4, -0.2) is 20.1 Å². The van der Waals surface area contributed by atoms with Gasteiger partial charge in [-0.05, 0) is 55.5 Å². The first-order valence-corrected chi connectivity index (χ1v) is 8.41. The molecular formula is C18H29FN2. The molecule has 0 amide bonds. The van der Waals surface area contributed by atoms with E-state index in [1.54, 1.807) is 12.1 Å². The second-order valence-corrected chi connectivity index (χ2v) is 6.33. The maximum absolute atomic E-state index is 13.5.